The maximum absolute atomic E-state index is 12.5. The SMILES string of the molecule is O=C(COC(=O)c1cc(=O)[nH]c2ccccc12)Nc1cccc(Oc2ccccc2)c1. The molecule has 1 heterocycles. The van der Waals surface area contributed by atoms with Gasteiger partial charge in [0.25, 0.3) is 5.91 Å². The van der Waals surface area contributed by atoms with Crippen molar-refractivity contribution in [3.8, 4) is 11.5 Å². The molecular weight excluding hydrogens is 396 g/mol. The number of hydrogen-bond acceptors (Lipinski definition) is 5. The molecular formula is C24H18N2O5. The van der Waals surface area contributed by atoms with Gasteiger partial charge in [0.2, 0.25) is 5.56 Å². The van der Waals surface area contributed by atoms with Crippen LogP contribution in [0.1, 0.15) is 10.4 Å². The quantitative estimate of drug-likeness (QED) is 0.463. The number of aromatic amines is 1. The second-order valence-electron chi connectivity index (χ2n) is 6.66. The van der Waals surface area contributed by atoms with Crippen LogP contribution in [0, 0.1) is 0 Å². The summed E-state index contributed by atoms with van der Waals surface area (Å²) in [5, 5.41) is 3.20. The Labute approximate surface area is 177 Å². The summed E-state index contributed by atoms with van der Waals surface area (Å²) >= 11 is 0. The zero-order chi connectivity index (χ0) is 21.6. The third-order valence-electron chi connectivity index (χ3n) is 4.40. The van der Waals surface area contributed by atoms with Crippen molar-refractivity contribution in [2.75, 3.05) is 11.9 Å². The summed E-state index contributed by atoms with van der Waals surface area (Å²) in [5.74, 6) is -0.0427. The second kappa shape index (κ2) is 8.96. The standard InChI is InChI=1S/C24H18N2O5/c27-22-14-20(19-11-4-5-12-21(19)26-22)24(29)30-15-23(28)25-16-7-6-10-18(13-16)31-17-8-2-1-3-9-17/h1-14H,15H2,(H,25,28)(H,26,27). The van der Waals surface area contributed by atoms with E-state index in [0.717, 1.165) is 6.07 Å². The van der Waals surface area contributed by atoms with Gasteiger partial charge in [0.15, 0.2) is 6.61 Å². The molecule has 0 aliphatic rings. The first-order valence-corrected chi connectivity index (χ1v) is 9.50. The topological polar surface area (TPSA) is 97.5 Å². The molecule has 0 aliphatic heterocycles. The van der Waals surface area contributed by atoms with E-state index in [1.807, 2.05) is 30.3 Å². The van der Waals surface area contributed by atoms with Crippen LogP contribution in [0.4, 0.5) is 5.69 Å². The molecule has 0 fully saturated rings. The number of carbonyl (C=O) groups excluding carboxylic acids is 2. The Balaban J connectivity index is 1.39. The van der Waals surface area contributed by atoms with Gasteiger partial charge in [-0.15, -0.1) is 0 Å². The number of anilines is 1. The first kappa shape index (κ1) is 19.9. The van der Waals surface area contributed by atoms with E-state index in [1.165, 1.54) is 0 Å². The molecule has 1 amide bonds. The Bertz CT molecular complexity index is 1300. The summed E-state index contributed by atoms with van der Waals surface area (Å²) in [6.07, 6.45) is 0. The molecule has 0 atom stereocenters. The number of para-hydroxylation sites is 2. The second-order valence-corrected chi connectivity index (χ2v) is 6.66. The third kappa shape index (κ3) is 4.97. The first-order chi connectivity index (χ1) is 15.1. The van der Waals surface area contributed by atoms with Gasteiger partial charge in [-0.1, -0.05) is 42.5 Å². The van der Waals surface area contributed by atoms with Gasteiger partial charge in [-0.3, -0.25) is 9.59 Å². The van der Waals surface area contributed by atoms with E-state index in [9.17, 15) is 14.4 Å². The molecule has 2 N–H and O–H groups in total. The van der Waals surface area contributed by atoms with E-state index in [1.54, 1.807) is 48.5 Å². The Morgan fingerprint density at radius 3 is 2.42 bits per heavy atom. The summed E-state index contributed by atoms with van der Waals surface area (Å²) in [4.78, 5) is 39.1. The van der Waals surface area contributed by atoms with Crippen molar-refractivity contribution in [2.45, 2.75) is 0 Å². The fourth-order valence-corrected chi connectivity index (χ4v) is 3.04. The van der Waals surface area contributed by atoms with Crippen molar-refractivity contribution in [1.82, 2.24) is 4.98 Å². The Morgan fingerprint density at radius 1 is 0.839 bits per heavy atom. The maximum Gasteiger partial charge on any atom is 0.339 e. The highest BCUT2D eigenvalue weighted by Crippen LogP contribution is 2.24. The van der Waals surface area contributed by atoms with Crippen molar-refractivity contribution in [3.05, 3.63) is 101 Å². The molecule has 7 nitrogen and oxygen atoms in total. The third-order valence-corrected chi connectivity index (χ3v) is 4.40. The molecule has 0 radical (unpaired) electrons. The number of carbonyl (C=O) groups is 2. The van der Waals surface area contributed by atoms with Gasteiger partial charge in [-0.05, 0) is 30.3 Å². The number of amides is 1. The Morgan fingerprint density at radius 2 is 1.58 bits per heavy atom. The van der Waals surface area contributed by atoms with Gasteiger partial charge in [0.05, 0.1) is 5.56 Å². The monoisotopic (exact) mass is 414 g/mol. The first-order valence-electron chi connectivity index (χ1n) is 9.50. The average molecular weight is 414 g/mol. The van der Waals surface area contributed by atoms with Crippen molar-refractivity contribution < 1.29 is 19.1 Å². The molecule has 7 heteroatoms. The number of esters is 1. The summed E-state index contributed by atoms with van der Waals surface area (Å²) < 4.78 is 10.9. The Hall–Kier alpha value is -4.39. The lowest BCUT2D eigenvalue weighted by Crippen LogP contribution is -2.22. The zero-order valence-electron chi connectivity index (χ0n) is 16.3. The van der Waals surface area contributed by atoms with E-state index >= 15 is 0 Å². The predicted octanol–water partition coefficient (Wildman–Crippen LogP) is 4.12. The molecule has 1 aromatic heterocycles. The van der Waals surface area contributed by atoms with E-state index in [2.05, 4.69) is 10.3 Å². The van der Waals surface area contributed by atoms with Gasteiger partial charge in [0.1, 0.15) is 11.5 Å². The van der Waals surface area contributed by atoms with E-state index in [-0.39, 0.29) is 5.56 Å². The van der Waals surface area contributed by atoms with Crippen molar-refractivity contribution >= 4 is 28.5 Å². The normalized spacial score (nSPS) is 10.5. The van der Waals surface area contributed by atoms with Crippen LogP contribution in [-0.2, 0) is 9.53 Å². The molecule has 0 bridgehead atoms. The van der Waals surface area contributed by atoms with Crippen LogP contribution in [0.25, 0.3) is 10.9 Å². The smallest absolute Gasteiger partial charge is 0.339 e. The van der Waals surface area contributed by atoms with Crippen molar-refractivity contribution in [1.29, 1.82) is 0 Å². The Kier molecular flexibility index (Phi) is 5.75. The fourth-order valence-electron chi connectivity index (χ4n) is 3.04. The number of benzene rings is 3. The van der Waals surface area contributed by atoms with Crippen LogP contribution >= 0.6 is 0 Å². The van der Waals surface area contributed by atoms with Crippen LogP contribution in [0.2, 0.25) is 0 Å². The number of hydrogen-bond donors (Lipinski definition) is 2. The molecule has 4 rings (SSSR count). The lowest BCUT2D eigenvalue weighted by atomic mass is 10.1. The van der Waals surface area contributed by atoms with Crippen LogP contribution in [0.3, 0.4) is 0 Å². The van der Waals surface area contributed by atoms with Crippen LogP contribution in [0.5, 0.6) is 11.5 Å². The minimum atomic E-state index is -0.751. The van der Waals surface area contributed by atoms with Gasteiger partial charge in [-0.25, -0.2) is 4.79 Å². The number of aromatic nitrogens is 1. The summed E-state index contributed by atoms with van der Waals surface area (Å²) in [7, 11) is 0. The molecule has 0 saturated heterocycles. The molecule has 3 aromatic carbocycles. The van der Waals surface area contributed by atoms with Crippen LogP contribution in [-0.4, -0.2) is 23.5 Å². The molecule has 0 spiro atoms. The highest BCUT2D eigenvalue weighted by Gasteiger charge is 2.15. The maximum atomic E-state index is 12.5. The minimum absolute atomic E-state index is 0.102. The minimum Gasteiger partial charge on any atom is -0.457 e. The van der Waals surface area contributed by atoms with E-state index in [4.69, 9.17) is 9.47 Å². The largest absolute Gasteiger partial charge is 0.457 e. The lowest BCUT2D eigenvalue weighted by Gasteiger charge is -2.10. The van der Waals surface area contributed by atoms with E-state index < -0.39 is 24.0 Å². The number of ether oxygens (including phenoxy) is 2. The summed E-state index contributed by atoms with van der Waals surface area (Å²) in [5.41, 5.74) is 0.688. The molecule has 0 unspecified atom stereocenters. The summed E-state index contributed by atoms with van der Waals surface area (Å²) in [6.45, 7) is -0.496. The number of pyridine rings is 1. The number of fused-ring (bicyclic) bond motifs is 1. The highest BCUT2D eigenvalue weighted by atomic mass is 16.5. The van der Waals surface area contributed by atoms with Crippen molar-refractivity contribution in [3.63, 3.8) is 0 Å². The fraction of sp³-hybridized carbons (Fsp3) is 0.0417. The number of nitrogens with one attached hydrogen (secondary N) is 2. The zero-order valence-corrected chi connectivity index (χ0v) is 16.3. The van der Waals surface area contributed by atoms with Crippen molar-refractivity contribution in [2.24, 2.45) is 0 Å². The molecule has 0 saturated carbocycles. The lowest BCUT2D eigenvalue weighted by molar-refractivity contribution is -0.119. The molecule has 31 heavy (non-hydrogen) atoms. The number of rotatable bonds is 6. The van der Waals surface area contributed by atoms with Gasteiger partial charge < -0.3 is 19.8 Å². The van der Waals surface area contributed by atoms with E-state index in [0.29, 0.717) is 28.1 Å². The predicted molar refractivity (Wildman–Crippen MR) is 116 cm³/mol. The van der Waals surface area contributed by atoms with Gasteiger partial charge in [0, 0.05) is 28.7 Å². The van der Waals surface area contributed by atoms with Gasteiger partial charge in [-0.2, -0.15) is 0 Å². The highest BCUT2D eigenvalue weighted by molar-refractivity contribution is 6.04. The van der Waals surface area contributed by atoms with Crippen LogP contribution in [0.15, 0.2) is 89.7 Å². The summed E-state index contributed by atoms with van der Waals surface area (Å²) in [6, 6.07) is 24.1. The van der Waals surface area contributed by atoms with Crippen LogP contribution < -0.4 is 15.6 Å². The molecule has 4 aromatic rings. The van der Waals surface area contributed by atoms with Gasteiger partial charge >= 0.3 is 5.97 Å². The number of H-pyrrole nitrogens is 1. The molecule has 0 aliphatic carbocycles. The average Bonchev–Trinajstić information content (AvgIpc) is 2.78. The molecule has 154 valence electrons.